The van der Waals surface area contributed by atoms with Crippen molar-refractivity contribution in [3.05, 3.63) is 77.9 Å². The lowest BCUT2D eigenvalue weighted by Gasteiger charge is -2.39. The average Bonchev–Trinajstić information content (AvgIpc) is 2.67. The predicted octanol–water partition coefficient (Wildman–Crippen LogP) is 5.33. The lowest BCUT2D eigenvalue weighted by Crippen LogP contribution is -2.35. The molecule has 0 aromatic heterocycles. The van der Waals surface area contributed by atoms with Crippen LogP contribution in [-0.2, 0) is 0 Å². The van der Waals surface area contributed by atoms with E-state index < -0.39 is 0 Å². The first-order chi connectivity index (χ1) is 12.8. The summed E-state index contributed by atoms with van der Waals surface area (Å²) in [6, 6.07) is 22.2. The summed E-state index contributed by atoms with van der Waals surface area (Å²) < 4.78 is 12.3. The van der Waals surface area contributed by atoms with Crippen molar-refractivity contribution in [1.82, 2.24) is 0 Å². The van der Waals surface area contributed by atoms with Gasteiger partial charge < -0.3 is 14.6 Å². The fourth-order valence-corrected chi connectivity index (χ4v) is 4.50. The number of ether oxygens (including phenoxy) is 2. The van der Waals surface area contributed by atoms with Crippen molar-refractivity contribution >= 4 is 21.5 Å². The summed E-state index contributed by atoms with van der Waals surface area (Å²) in [5.41, 5.74) is 2.43. The van der Waals surface area contributed by atoms with Gasteiger partial charge in [-0.2, -0.15) is 0 Å². The Kier molecular flexibility index (Phi) is 2.65. The zero-order valence-corrected chi connectivity index (χ0v) is 14.0. The van der Waals surface area contributed by atoms with E-state index in [9.17, 15) is 5.11 Å². The summed E-state index contributed by atoms with van der Waals surface area (Å²) >= 11 is 0. The van der Waals surface area contributed by atoms with Crippen LogP contribution in [0.4, 0.5) is 0 Å². The third kappa shape index (κ3) is 1.83. The zero-order valence-electron chi connectivity index (χ0n) is 14.0. The van der Waals surface area contributed by atoms with Crippen molar-refractivity contribution in [1.29, 1.82) is 0 Å². The molecule has 2 atom stereocenters. The van der Waals surface area contributed by atoms with E-state index in [4.69, 9.17) is 9.47 Å². The molecule has 1 N–H and O–H groups in total. The molecule has 0 spiro atoms. The van der Waals surface area contributed by atoms with Gasteiger partial charge in [0.05, 0.1) is 0 Å². The maximum absolute atomic E-state index is 9.86. The topological polar surface area (TPSA) is 38.7 Å². The van der Waals surface area contributed by atoms with Crippen LogP contribution in [-0.4, -0.2) is 11.4 Å². The van der Waals surface area contributed by atoms with Crippen molar-refractivity contribution in [3.8, 4) is 17.2 Å². The minimum Gasteiger partial charge on any atom is -0.508 e. The standard InChI is InChI=1S/C23H16O3/c24-15-7-8-17-14(11-15)6-10-20-23(17)18-12-21(26-20)25-19-9-5-13-3-1-2-4-16(13)22(18)19/h1-11,18,21,24H,12H2. The van der Waals surface area contributed by atoms with Gasteiger partial charge in [0.15, 0.2) is 0 Å². The van der Waals surface area contributed by atoms with Gasteiger partial charge >= 0.3 is 0 Å². The van der Waals surface area contributed by atoms with Gasteiger partial charge in [-0.3, -0.25) is 0 Å². The highest BCUT2D eigenvalue weighted by Gasteiger charge is 2.38. The monoisotopic (exact) mass is 340 g/mol. The normalized spacial score (nSPS) is 20.2. The molecule has 0 amide bonds. The van der Waals surface area contributed by atoms with Gasteiger partial charge in [-0.1, -0.05) is 42.5 Å². The number of hydrogen-bond donors (Lipinski definition) is 1. The van der Waals surface area contributed by atoms with Crippen LogP contribution in [0.5, 0.6) is 17.2 Å². The van der Waals surface area contributed by atoms with Gasteiger partial charge in [0, 0.05) is 23.5 Å². The number of phenolic OH excluding ortho intramolecular Hbond substituents is 1. The molecule has 126 valence electrons. The quantitative estimate of drug-likeness (QED) is 0.470. The Bertz CT molecular complexity index is 1190. The molecule has 2 unspecified atom stereocenters. The highest BCUT2D eigenvalue weighted by Crippen LogP contribution is 2.52. The number of aromatic hydroxyl groups is 1. The summed E-state index contributed by atoms with van der Waals surface area (Å²) in [7, 11) is 0. The van der Waals surface area contributed by atoms with Crippen molar-refractivity contribution in [2.75, 3.05) is 0 Å². The Morgan fingerprint density at radius 3 is 2.23 bits per heavy atom. The smallest absolute Gasteiger partial charge is 0.242 e. The Labute approximate surface area is 150 Å². The molecular weight excluding hydrogens is 324 g/mol. The first kappa shape index (κ1) is 14.0. The first-order valence-corrected chi connectivity index (χ1v) is 8.88. The van der Waals surface area contributed by atoms with Crippen LogP contribution >= 0.6 is 0 Å². The van der Waals surface area contributed by atoms with Gasteiger partial charge in [0.2, 0.25) is 6.29 Å². The van der Waals surface area contributed by atoms with Crippen LogP contribution < -0.4 is 9.47 Å². The summed E-state index contributed by atoms with van der Waals surface area (Å²) in [6.07, 6.45) is 0.546. The number of hydrogen-bond acceptors (Lipinski definition) is 3. The van der Waals surface area contributed by atoms with E-state index in [0.29, 0.717) is 0 Å². The van der Waals surface area contributed by atoms with E-state index >= 15 is 0 Å². The maximum atomic E-state index is 9.86. The molecule has 0 radical (unpaired) electrons. The molecule has 2 bridgehead atoms. The summed E-state index contributed by atoms with van der Waals surface area (Å²) in [5.74, 6) is 2.28. The van der Waals surface area contributed by atoms with Crippen molar-refractivity contribution in [3.63, 3.8) is 0 Å². The Morgan fingerprint density at radius 2 is 1.42 bits per heavy atom. The number of rotatable bonds is 0. The molecule has 0 aliphatic carbocycles. The van der Waals surface area contributed by atoms with E-state index in [2.05, 4.69) is 36.4 Å². The molecular formula is C23H16O3. The number of phenols is 1. The van der Waals surface area contributed by atoms with Gasteiger partial charge in [-0.15, -0.1) is 0 Å². The second-order valence-electron chi connectivity index (χ2n) is 7.03. The lowest BCUT2D eigenvalue weighted by molar-refractivity contribution is -0.0256. The molecule has 0 saturated heterocycles. The molecule has 3 nitrogen and oxygen atoms in total. The molecule has 4 aromatic carbocycles. The highest BCUT2D eigenvalue weighted by atomic mass is 16.7. The second-order valence-corrected chi connectivity index (χ2v) is 7.03. The Balaban J connectivity index is 1.70. The van der Waals surface area contributed by atoms with E-state index in [1.807, 2.05) is 24.3 Å². The largest absolute Gasteiger partial charge is 0.508 e. The van der Waals surface area contributed by atoms with Crippen LogP contribution in [0, 0.1) is 0 Å². The third-order valence-corrected chi connectivity index (χ3v) is 5.58. The Hall–Kier alpha value is -3.20. The maximum Gasteiger partial charge on any atom is 0.242 e. The second kappa shape index (κ2) is 4.92. The van der Waals surface area contributed by atoms with Crippen molar-refractivity contribution < 1.29 is 14.6 Å². The van der Waals surface area contributed by atoms with Gasteiger partial charge in [-0.05, 0) is 45.8 Å². The average molecular weight is 340 g/mol. The SMILES string of the molecule is Oc1ccc2c3c(ccc2c1)OC1CC3c2c(ccc3ccccc23)O1. The van der Waals surface area contributed by atoms with Gasteiger partial charge in [0.1, 0.15) is 17.2 Å². The molecule has 2 aliphatic rings. The van der Waals surface area contributed by atoms with Crippen LogP contribution in [0.15, 0.2) is 66.7 Å². The summed E-state index contributed by atoms with van der Waals surface area (Å²) in [6.45, 7) is 0. The molecule has 3 heteroatoms. The Morgan fingerprint density at radius 1 is 0.731 bits per heavy atom. The minimum atomic E-state index is -0.254. The van der Waals surface area contributed by atoms with Crippen LogP contribution in [0.25, 0.3) is 21.5 Å². The summed E-state index contributed by atoms with van der Waals surface area (Å²) in [5, 5.41) is 14.5. The third-order valence-electron chi connectivity index (χ3n) is 5.58. The molecule has 2 aliphatic heterocycles. The molecule has 6 rings (SSSR count). The van der Waals surface area contributed by atoms with E-state index in [1.54, 1.807) is 6.07 Å². The summed E-state index contributed by atoms with van der Waals surface area (Å²) in [4.78, 5) is 0. The molecule has 26 heavy (non-hydrogen) atoms. The fraction of sp³-hybridized carbons (Fsp3) is 0.130. The van der Waals surface area contributed by atoms with Gasteiger partial charge in [0.25, 0.3) is 0 Å². The van der Waals surface area contributed by atoms with E-state index in [-0.39, 0.29) is 18.0 Å². The molecule has 0 saturated carbocycles. The number of benzene rings is 4. The highest BCUT2D eigenvalue weighted by molar-refractivity contribution is 5.93. The van der Waals surface area contributed by atoms with Crippen molar-refractivity contribution in [2.24, 2.45) is 0 Å². The fourth-order valence-electron chi connectivity index (χ4n) is 4.50. The number of fused-ring (bicyclic) bond motifs is 10. The zero-order chi connectivity index (χ0) is 17.3. The van der Waals surface area contributed by atoms with Crippen LogP contribution in [0.3, 0.4) is 0 Å². The molecule has 4 aromatic rings. The first-order valence-electron chi connectivity index (χ1n) is 8.88. The van der Waals surface area contributed by atoms with E-state index in [0.717, 1.165) is 28.7 Å². The lowest BCUT2D eigenvalue weighted by atomic mass is 9.79. The van der Waals surface area contributed by atoms with E-state index in [1.165, 1.54) is 21.9 Å². The minimum absolute atomic E-state index is 0.215. The van der Waals surface area contributed by atoms with Crippen LogP contribution in [0.2, 0.25) is 0 Å². The van der Waals surface area contributed by atoms with Crippen molar-refractivity contribution in [2.45, 2.75) is 18.6 Å². The van der Waals surface area contributed by atoms with Gasteiger partial charge in [-0.25, -0.2) is 0 Å². The molecule has 0 fully saturated rings. The predicted molar refractivity (Wildman–Crippen MR) is 101 cm³/mol. The molecule has 2 heterocycles. The van der Waals surface area contributed by atoms with Crippen LogP contribution in [0.1, 0.15) is 23.5 Å².